The Bertz CT molecular complexity index is 1000. The number of thioether (sulfide) groups is 1. The van der Waals surface area contributed by atoms with E-state index in [0.29, 0.717) is 34.8 Å². The Morgan fingerprint density at radius 2 is 2.07 bits per heavy atom. The van der Waals surface area contributed by atoms with Gasteiger partial charge in [-0.3, -0.25) is 4.79 Å². The van der Waals surface area contributed by atoms with Gasteiger partial charge in [0.2, 0.25) is 21.1 Å². The standard InChI is InChI=1S/C19H25N5O3S3/c1-3-9-20-18-22-23-19(29-18)28-13-17(25)21-16-12-15(8-7-14(16)2)30(26,27)24-10-5-4-6-11-24/h3,7-8,12H,1,4-6,9-11,13H2,2H3,(H,20,22)(H,21,25). The molecule has 2 aromatic rings. The highest BCUT2D eigenvalue weighted by atomic mass is 32.2. The fraction of sp³-hybridized carbons (Fsp3) is 0.421. The van der Waals surface area contributed by atoms with Crippen LogP contribution in [0.5, 0.6) is 0 Å². The van der Waals surface area contributed by atoms with Crippen LogP contribution in [0.1, 0.15) is 24.8 Å². The highest BCUT2D eigenvalue weighted by Gasteiger charge is 2.26. The number of piperidine rings is 1. The predicted molar refractivity (Wildman–Crippen MR) is 122 cm³/mol. The van der Waals surface area contributed by atoms with E-state index in [1.807, 2.05) is 6.92 Å². The van der Waals surface area contributed by atoms with E-state index in [2.05, 4.69) is 27.4 Å². The van der Waals surface area contributed by atoms with Crippen molar-refractivity contribution in [3.63, 3.8) is 0 Å². The van der Waals surface area contributed by atoms with E-state index in [-0.39, 0.29) is 16.6 Å². The van der Waals surface area contributed by atoms with Gasteiger partial charge in [0.25, 0.3) is 0 Å². The second kappa shape index (κ2) is 10.4. The number of carbonyl (C=O) groups is 1. The first-order valence-corrected chi connectivity index (χ1v) is 12.9. The van der Waals surface area contributed by atoms with Crippen molar-refractivity contribution in [1.82, 2.24) is 14.5 Å². The first-order valence-electron chi connectivity index (χ1n) is 9.62. The number of aromatic nitrogens is 2. The molecule has 1 fully saturated rings. The van der Waals surface area contributed by atoms with Crippen molar-refractivity contribution in [2.75, 3.05) is 36.0 Å². The van der Waals surface area contributed by atoms with Gasteiger partial charge in [-0.25, -0.2) is 8.42 Å². The summed E-state index contributed by atoms with van der Waals surface area (Å²) in [6.07, 6.45) is 4.54. The number of aryl methyl sites for hydroxylation is 1. The normalized spacial score (nSPS) is 15.0. The van der Waals surface area contributed by atoms with Gasteiger partial charge in [0.1, 0.15) is 0 Å². The highest BCUT2D eigenvalue weighted by molar-refractivity contribution is 8.01. The quantitative estimate of drug-likeness (QED) is 0.430. The maximum Gasteiger partial charge on any atom is 0.243 e. The molecule has 1 aromatic heterocycles. The molecule has 1 saturated heterocycles. The Labute approximate surface area is 185 Å². The minimum Gasteiger partial charge on any atom is -0.357 e. The topological polar surface area (TPSA) is 104 Å². The lowest BCUT2D eigenvalue weighted by Gasteiger charge is -2.26. The molecule has 0 atom stereocenters. The van der Waals surface area contributed by atoms with Crippen LogP contribution in [0.15, 0.2) is 40.1 Å². The van der Waals surface area contributed by atoms with Gasteiger partial charge in [0, 0.05) is 25.3 Å². The summed E-state index contributed by atoms with van der Waals surface area (Å²) in [5.74, 6) is -0.0787. The molecule has 0 spiro atoms. The molecule has 1 aliphatic heterocycles. The molecule has 1 aliphatic rings. The van der Waals surface area contributed by atoms with E-state index in [0.717, 1.165) is 24.8 Å². The number of nitrogens with zero attached hydrogens (tertiary/aromatic N) is 3. The summed E-state index contributed by atoms with van der Waals surface area (Å²) in [4.78, 5) is 12.6. The first-order chi connectivity index (χ1) is 14.4. The van der Waals surface area contributed by atoms with Crippen LogP contribution < -0.4 is 10.6 Å². The Kier molecular flexibility index (Phi) is 7.87. The van der Waals surface area contributed by atoms with Crippen molar-refractivity contribution in [2.45, 2.75) is 35.4 Å². The van der Waals surface area contributed by atoms with Gasteiger partial charge in [-0.15, -0.1) is 16.8 Å². The Balaban J connectivity index is 1.63. The molecule has 0 saturated carbocycles. The number of rotatable bonds is 9. The van der Waals surface area contributed by atoms with Crippen LogP contribution in [-0.2, 0) is 14.8 Å². The maximum atomic E-state index is 12.9. The lowest BCUT2D eigenvalue weighted by molar-refractivity contribution is -0.113. The fourth-order valence-electron chi connectivity index (χ4n) is 2.96. The van der Waals surface area contributed by atoms with Gasteiger partial charge in [0.05, 0.1) is 10.6 Å². The third-order valence-electron chi connectivity index (χ3n) is 4.57. The number of sulfonamides is 1. The van der Waals surface area contributed by atoms with Gasteiger partial charge in [-0.05, 0) is 37.5 Å². The maximum absolute atomic E-state index is 12.9. The molecule has 0 bridgehead atoms. The third-order valence-corrected chi connectivity index (χ3v) is 8.48. The average molecular weight is 468 g/mol. The van der Waals surface area contributed by atoms with Crippen LogP contribution in [0.4, 0.5) is 10.8 Å². The summed E-state index contributed by atoms with van der Waals surface area (Å²) in [5, 5.41) is 14.6. The van der Waals surface area contributed by atoms with Crippen molar-refractivity contribution >= 4 is 49.8 Å². The number of amides is 1. The van der Waals surface area contributed by atoms with Gasteiger partial charge in [-0.1, -0.05) is 41.7 Å². The van der Waals surface area contributed by atoms with E-state index in [9.17, 15) is 13.2 Å². The van der Waals surface area contributed by atoms with E-state index >= 15 is 0 Å². The van der Waals surface area contributed by atoms with Gasteiger partial charge in [0.15, 0.2) is 4.34 Å². The first kappa shape index (κ1) is 22.7. The fourth-order valence-corrected chi connectivity index (χ4v) is 6.07. The smallest absolute Gasteiger partial charge is 0.243 e. The number of carbonyl (C=O) groups excluding carboxylic acids is 1. The van der Waals surface area contributed by atoms with Gasteiger partial charge in [-0.2, -0.15) is 4.31 Å². The van der Waals surface area contributed by atoms with Crippen molar-refractivity contribution in [1.29, 1.82) is 0 Å². The van der Waals surface area contributed by atoms with Crippen LogP contribution in [0.2, 0.25) is 0 Å². The lowest BCUT2D eigenvalue weighted by Crippen LogP contribution is -2.35. The van der Waals surface area contributed by atoms with E-state index in [1.165, 1.54) is 27.4 Å². The number of hydrogen-bond donors (Lipinski definition) is 2. The van der Waals surface area contributed by atoms with Crippen LogP contribution in [0.25, 0.3) is 0 Å². The molecule has 11 heteroatoms. The molecule has 3 rings (SSSR count). The molecule has 30 heavy (non-hydrogen) atoms. The minimum absolute atomic E-state index is 0.151. The summed E-state index contributed by atoms with van der Waals surface area (Å²) in [5.41, 5.74) is 1.31. The molecule has 1 aromatic carbocycles. The Hall–Kier alpha value is -1.95. The lowest BCUT2D eigenvalue weighted by atomic mass is 10.2. The molecular formula is C19H25N5O3S3. The summed E-state index contributed by atoms with van der Waals surface area (Å²) >= 11 is 2.64. The van der Waals surface area contributed by atoms with Crippen molar-refractivity contribution in [2.24, 2.45) is 0 Å². The predicted octanol–water partition coefficient (Wildman–Crippen LogP) is 3.35. The molecule has 1 amide bonds. The van der Waals surface area contributed by atoms with Gasteiger partial charge >= 0.3 is 0 Å². The minimum atomic E-state index is -3.55. The number of benzene rings is 1. The molecule has 162 valence electrons. The molecular weight excluding hydrogens is 442 g/mol. The largest absolute Gasteiger partial charge is 0.357 e. The summed E-state index contributed by atoms with van der Waals surface area (Å²) in [6, 6.07) is 4.87. The van der Waals surface area contributed by atoms with E-state index in [1.54, 1.807) is 24.3 Å². The van der Waals surface area contributed by atoms with Crippen LogP contribution >= 0.6 is 23.1 Å². The van der Waals surface area contributed by atoms with Crippen molar-refractivity contribution < 1.29 is 13.2 Å². The number of nitrogens with one attached hydrogen (secondary N) is 2. The Morgan fingerprint density at radius 3 is 2.80 bits per heavy atom. The summed E-state index contributed by atoms with van der Waals surface area (Å²) in [7, 11) is -3.55. The molecule has 2 N–H and O–H groups in total. The van der Waals surface area contributed by atoms with Crippen LogP contribution in [0.3, 0.4) is 0 Å². The van der Waals surface area contributed by atoms with E-state index in [4.69, 9.17) is 0 Å². The molecule has 2 heterocycles. The highest BCUT2D eigenvalue weighted by Crippen LogP contribution is 2.27. The third kappa shape index (κ3) is 5.81. The van der Waals surface area contributed by atoms with Crippen LogP contribution in [-0.4, -0.2) is 54.2 Å². The van der Waals surface area contributed by atoms with Crippen molar-refractivity contribution in [3.8, 4) is 0 Å². The number of hydrogen-bond acceptors (Lipinski definition) is 8. The van der Waals surface area contributed by atoms with Gasteiger partial charge < -0.3 is 10.6 Å². The zero-order chi connectivity index (χ0) is 21.6. The molecule has 0 radical (unpaired) electrons. The molecule has 0 aliphatic carbocycles. The van der Waals surface area contributed by atoms with Crippen molar-refractivity contribution in [3.05, 3.63) is 36.4 Å². The van der Waals surface area contributed by atoms with E-state index < -0.39 is 10.0 Å². The number of anilines is 2. The zero-order valence-electron chi connectivity index (χ0n) is 16.8. The second-order valence-electron chi connectivity index (χ2n) is 6.82. The Morgan fingerprint density at radius 1 is 1.30 bits per heavy atom. The molecule has 8 nitrogen and oxygen atoms in total. The van der Waals surface area contributed by atoms with Crippen LogP contribution in [0, 0.1) is 6.92 Å². The monoisotopic (exact) mass is 467 g/mol. The molecule has 0 unspecified atom stereocenters. The zero-order valence-corrected chi connectivity index (χ0v) is 19.2. The summed E-state index contributed by atoms with van der Waals surface area (Å²) < 4.78 is 28.0. The average Bonchev–Trinajstić information content (AvgIpc) is 3.20. The SMILES string of the molecule is C=CCNc1nnc(SCC(=O)Nc2cc(S(=O)(=O)N3CCCCC3)ccc2C)s1. The summed E-state index contributed by atoms with van der Waals surface area (Å²) in [6.45, 7) is 7.14. The second-order valence-corrected chi connectivity index (χ2v) is 11.0.